The predicted octanol–water partition coefficient (Wildman–Crippen LogP) is 1.85. The lowest BCUT2D eigenvalue weighted by molar-refractivity contribution is -0.144. The number of anilines is 1. The molecule has 1 atom stereocenters. The number of nitrogens with two attached hydrogens (primary N) is 1. The maximum atomic E-state index is 12.0. The summed E-state index contributed by atoms with van der Waals surface area (Å²) < 4.78 is 4.65. The van der Waals surface area contributed by atoms with Gasteiger partial charge in [-0.05, 0) is 24.1 Å². The van der Waals surface area contributed by atoms with Crippen molar-refractivity contribution < 1.29 is 14.3 Å². The number of methoxy groups -OCH3 is 1. The molecule has 0 aliphatic rings. The highest BCUT2D eigenvalue weighted by molar-refractivity contribution is 6.33. The van der Waals surface area contributed by atoms with Crippen LogP contribution in [0, 0.1) is 5.92 Å². The molecule has 1 amide bonds. The summed E-state index contributed by atoms with van der Waals surface area (Å²) in [7, 11) is 1.28. The fraction of sp³-hybridized carbons (Fsp3) is 0.385. The van der Waals surface area contributed by atoms with Crippen molar-refractivity contribution in [1.29, 1.82) is 0 Å². The first kappa shape index (κ1) is 15.3. The Morgan fingerprint density at radius 1 is 1.37 bits per heavy atom. The summed E-state index contributed by atoms with van der Waals surface area (Å²) in [5.41, 5.74) is 6.29. The number of hydrogen-bond acceptors (Lipinski definition) is 4. The minimum absolute atomic E-state index is 0.0824. The molecule has 1 rings (SSSR count). The molecule has 1 unspecified atom stereocenters. The van der Waals surface area contributed by atoms with Gasteiger partial charge in [-0.25, -0.2) is 4.79 Å². The maximum absolute atomic E-state index is 12.0. The van der Waals surface area contributed by atoms with Crippen molar-refractivity contribution in [2.75, 3.05) is 12.8 Å². The van der Waals surface area contributed by atoms with Crippen LogP contribution in [0.2, 0.25) is 5.02 Å². The minimum Gasteiger partial charge on any atom is -0.467 e. The first-order chi connectivity index (χ1) is 8.86. The van der Waals surface area contributed by atoms with Gasteiger partial charge in [0.25, 0.3) is 5.91 Å². The van der Waals surface area contributed by atoms with Crippen molar-refractivity contribution in [2.45, 2.75) is 19.9 Å². The van der Waals surface area contributed by atoms with E-state index in [4.69, 9.17) is 17.3 Å². The zero-order valence-electron chi connectivity index (χ0n) is 11.1. The van der Waals surface area contributed by atoms with Gasteiger partial charge in [-0.2, -0.15) is 0 Å². The fourth-order valence-electron chi connectivity index (χ4n) is 1.53. The van der Waals surface area contributed by atoms with Gasteiger partial charge in [-0.15, -0.1) is 0 Å². The highest BCUT2D eigenvalue weighted by Crippen LogP contribution is 2.19. The molecule has 6 heteroatoms. The number of halogens is 1. The van der Waals surface area contributed by atoms with E-state index in [0.29, 0.717) is 16.3 Å². The van der Waals surface area contributed by atoms with Crippen molar-refractivity contribution >= 4 is 29.2 Å². The second-order valence-corrected chi connectivity index (χ2v) is 4.86. The summed E-state index contributed by atoms with van der Waals surface area (Å²) >= 11 is 5.78. The third kappa shape index (κ3) is 3.86. The van der Waals surface area contributed by atoms with Crippen molar-refractivity contribution in [2.24, 2.45) is 5.92 Å². The SMILES string of the molecule is COC(=O)C(NC(=O)c1ccc(Cl)c(N)c1)C(C)C. The number of rotatable bonds is 4. The number of esters is 1. The smallest absolute Gasteiger partial charge is 0.328 e. The molecule has 1 aromatic rings. The van der Waals surface area contributed by atoms with E-state index in [1.807, 2.05) is 13.8 Å². The Kier molecular flexibility index (Phi) is 5.18. The maximum Gasteiger partial charge on any atom is 0.328 e. The van der Waals surface area contributed by atoms with Gasteiger partial charge in [0.05, 0.1) is 17.8 Å². The van der Waals surface area contributed by atoms with E-state index < -0.39 is 17.9 Å². The molecular weight excluding hydrogens is 268 g/mol. The second-order valence-electron chi connectivity index (χ2n) is 4.45. The second kappa shape index (κ2) is 6.43. The molecule has 5 nitrogen and oxygen atoms in total. The quantitative estimate of drug-likeness (QED) is 0.653. The van der Waals surface area contributed by atoms with Crippen LogP contribution in [0.4, 0.5) is 5.69 Å². The third-order valence-electron chi connectivity index (χ3n) is 2.67. The first-order valence-electron chi connectivity index (χ1n) is 5.80. The van der Waals surface area contributed by atoms with Crippen LogP contribution < -0.4 is 11.1 Å². The van der Waals surface area contributed by atoms with Gasteiger partial charge < -0.3 is 15.8 Å². The van der Waals surface area contributed by atoms with E-state index >= 15 is 0 Å². The van der Waals surface area contributed by atoms with Crippen molar-refractivity contribution in [1.82, 2.24) is 5.32 Å². The Labute approximate surface area is 117 Å². The van der Waals surface area contributed by atoms with Crippen LogP contribution in [-0.4, -0.2) is 25.0 Å². The molecule has 0 spiro atoms. The van der Waals surface area contributed by atoms with Gasteiger partial charge >= 0.3 is 5.97 Å². The first-order valence-corrected chi connectivity index (χ1v) is 6.18. The molecule has 1 aromatic carbocycles. The van der Waals surface area contributed by atoms with Crippen LogP contribution in [0.25, 0.3) is 0 Å². The number of nitrogen functional groups attached to an aromatic ring is 1. The van der Waals surface area contributed by atoms with Crippen molar-refractivity contribution in [3.8, 4) is 0 Å². The Hall–Kier alpha value is -1.75. The monoisotopic (exact) mass is 284 g/mol. The summed E-state index contributed by atoms with van der Waals surface area (Å²) in [6.45, 7) is 3.64. The molecule has 0 bridgehead atoms. The predicted molar refractivity (Wildman–Crippen MR) is 74.0 cm³/mol. The van der Waals surface area contributed by atoms with Crippen LogP contribution in [0.5, 0.6) is 0 Å². The van der Waals surface area contributed by atoms with Crippen molar-refractivity contribution in [3.05, 3.63) is 28.8 Å². The van der Waals surface area contributed by atoms with Gasteiger partial charge in [0.1, 0.15) is 6.04 Å². The molecule has 0 radical (unpaired) electrons. The average molecular weight is 285 g/mol. The molecule has 0 aromatic heterocycles. The lowest BCUT2D eigenvalue weighted by atomic mass is 10.0. The largest absolute Gasteiger partial charge is 0.467 e. The lowest BCUT2D eigenvalue weighted by Crippen LogP contribution is -2.45. The molecule has 0 heterocycles. The molecule has 0 saturated carbocycles. The van der Waals surface area contributed by atoms with Crippen LogP contribution in [-0.2, 0) is 9.53 Å². The third-order valence-corrected chi connectivity index (χ3v) is 3.01. The van der Waals surface area contributed by atoms with Crippen LogP contribution in [0.15, 0.2) is 18.2 Å². The number of carbonyl (C=O) groups is 2. The number of nitrogens with one attached hydrogen (secondary N) is 1. The Bertz CT molecular complexity index is 489. The number of hydrogen-bond donors (Lipinski definition) is 2. The van der Waals surface area contributed by atoms with E-state index in [9.17, 15) is 9.59 Å². The summed E-state index contributed by atoms with van der Waals surface area (Å²) in [4.78, 5) is 23.6. The highest BCUT2D eigenvalue weighted by atomic mass is 35.5. The Morgan fingerprint density at radius 3 is 2.47 bits per heavy atom. The van der Waals surface area contributed by atoms with Gasteiger partial charge in [0.15, 0.2) is 0 Å². The zero-order chi connectivity index (χ0) is 14.6. The van der Waals surface area contributed by atoms with E-state index in [-0.39, 0.29) is 5.92 Å². The lowest BCUT2D eigenvalue weighted by Gasteiger charge is -2.19. The van der Waals surface area contributed by atoms with E-state index in [0.717, 1.165) is 0 Å². The van der Waals surface area contributed by atoms with Crippen LogP contribution >= 0.6 is 11.6 Å². The molecule has 0 aliphatic heterocycles. The normalized spacial score (nSPS) is 12.1. The van der Waals surface area contributed by atoms with Crippen LogP contribution in [0.1, 0.15) is 24.2 Å². The van der Waals surface area contributed by atoms with E-state index in [1.54, 1.807) is 6.07 Å². The Morgan fingerprint density at radius 2 is 2.00 bits per heavy atom. The number of benzene rings is 1. The molecule has 104 valence electrons. The number of amides is 1. The van der Waals surface area contributed by atoms with Gasteiger partial charge in [0.2, 0.25) is 0 Å². The minimum atomic E-state index is -0.700. The molecule has 19 heavy (non-hydrogen) atoms. The van der Waals surface area contributed by atoms with E-state index in [1.165, 1.54) is 19.2 Å². The van der Waals surface area contributed by atoms with Gasteiger partial charge in [-0.1, -0.05) is 25.4 Å². The number of carbonyl (C=O) groups excluding carboxylic acids is 2. The summed E-state index contributed by atoms with van der Waals surface area (Å²) in [6, 6.07) is 3.85. The van der Waals surface area contributed by atoms with Gasteiger partial charge in [0, 0.05) is 5.56 Å². The topological polar surface area (TPSA) is 81.4 Å². The summed E-state index contributed by atoms with van der Waals surface area (Å²) in [6.07, 6.45) is 0. The summed E-state index contributed by atoms with van der Waals surface area (Å²) in [5.74, 6) is -0.959. The summed E-state index contributed by atoms with van der Waals surface area (Å²) in [5, 5.41) is 3.00. The zero-order valence-corrected chi connectivity index (χ0v) is 11.8. The molecule has 0 fully saturated rings. The molecule has 0 saturated heterocycles. The number of ether oxygens (including phenoxy) is 1. The standard InChI is InChI=1S/C13H17ClN2O3/c1-7(2)11(13(18)19-3)16-12(17)8-4-5-9(14)10(15)6-8/h4-7,11H,15H2,1-3H3,(H,16,17). The average Bonchev–Trinajstić information content (AvgIpc) is 2.37. The van der Waals surface area contributed by atoms with Crippen molar-refractivity contribution in [3.63, 3.8) is 0 Å². The molecular formula is C13H17ClN2O3. The Balaban J connectivity index is 2.87. The van der Waals surface area contributed by atoms with E-state index in [2.05, 4.69) is 10.1 Å². The fourth-order valence-corrected chi connectivity index (χ4v) is 1.65. The molecule has 3 N–H and O–H groups in total. The molecule has 0 aliphatic carbocycles. The van der Waals surface area contributed by atoms with Gasteiger partial charge in [-0.3, -0.25) is 4.79 Å². The highest BCUT2D eigenvalue weighted by Gasteiger charge is 2.25. The van der Waals surface area contributed by atoms with Crippen LogP contribution in [0.3, 0.4) is 0 Å².